The van der Waals surface area contributed by atoms with Crippen molar-refractivity contribution in [3.05, 3.63) is 29.8 Å². The quantitative estimate of drug-likeness (QED) is 0.234. The Morgan fingerprint density at radius 2 is 1.69 bits per heavy atom. The average molecular weight is 632 g/mol. The molecule has 2 aliphatic rings. The van der Waals surface area contributed by atoms with Gasteiger partial charge >= 0.3 is 0 Å². The lowest BCUT2D eigenvalue weighted by Crippen LogP contribution is -2.58. The van der Waals surface area contributed by atoms with Crippen molar-refractivity contribution in [1.82, 2.24) is 31.1 Å². The van der Waals surface area contributed by atoms with Crippen molar-refractivity contribution in [2.24, 2.45) is 11.7 Å². The number of benzene rings is 1. The molecule has 248 valence electrons. The SMILES string of the molecule is COCCN1CCN(C(=O)[C@@H]2CC(=O)N[C@@H](CC(N)=O)C(=O)N[C@H](C(C)C)C(=O)N[C@@H](C)COc3ccccc3C(=O)N2)CC1. The molecule has 2 heterocycles. The molecular weight excluding hydrogens is 586 g/mol. The van der Waals surface area contributed by atoms with Crippen LogP contribution in [-0.2, 0) is 28.7 Å². The molecule has 0 aliphatic carbocycles. The summed E-state index contributed by atoms with van der Waals surface area (Å²) in [4.78, 5) is 82.5. The summed E-state index contributed by atoms with van der Waals surface area (Å²) in [5, 5.41) is 10.6. The highest BCUT2D eigenvalue weighted by molar-refractivity contribution is 6.01. The number of nitrogens with two attached hydrogens (primary N) is 1. The largest absolute Gasteiger partial charge is 0.491 e. The Kier molecular flexibility index (Phi) is 13.1. The summed E-state index contributed by atoms with van der Waals surface area (Å²) in [6.07, 6.45) is -1.07. The van der Waals surface area contributed by atoms with Crippen LogP contribution in [0.1, 0.15) is 44.0 Å². The van der Waals surface area contributed by atoms with Crippen molar-refractivity contribution >= 4 is 35.4 Å². The second-order valence-corrected chi connectivity index (χ2v) is 11.6. The molecule has 45 heavy (non-hydrogen) atoms. The minimum Gasteiger partial charge on any atom is -0.491 e. The average Bonchev–Trinajstić information content (AvgIpc) is 3.00. The smallest absolute Gasteiger partial charge is 0.255 e. The van der Waals surface area contributed by atoms with Crippen molar-refractivity contribution in [1.29, 1.82) is 0 Å². The van der Waals surface area contributed by atoms with Gasteiger partial charge in [0.1, 0.15) is 30.5 Å². The number of rotatable bonds is 7. The molecule has 0 radical (unpaired) electrons. The van der Waals surface area contributed by atoms with Crippen LogP contribution in [0.15, 0.2) is 24.3 Å². The van der Waals surface area contributed by atoms with E-state index < -0.39 is 72.5 Å². The van der Waals surface area contributed by atoms with E-state index in [0.717, 1.165) is 0 Å². The van der Waals surface area contributed by atoms with Gasteiger partial charge in [-0.25, -0.2) is 0 Å². The number of piperazine rings is 1. The normalized spacial score (nSPS) is 24.3. The molecule has 0 bridgehead atoms. The summed E-state index contributed by atoms with van der Waals surface area (Å²) in [6.45, 7) is 8.34. The monoisotopic (exact) mass is 631 g/mol. The predicted octanol–water partition coefficient (Wildman–Crippen LogP) is -1.64. The third-order valence-corrected chi connectivity index (χ3v) is 7.60. The van der Waals surface area contributed by atoms with Crippen LogP contribution in [0, 0.1) is 5.92 Å². The molecule has 1 saturated heterocycles. The highest BCUT2D eigenvalue weighted by Gasteiger charge is 2.34. The zero-order chi connectivity index (χ0) is 33.1. The minimum atomic E-state index is -1.42. The third-order valence-electron chi connectivity index (χ3n) is 7.60. The van der Waals surface area contributed by atoms with E-state index in [9.17, 15) is 28.8 Å². The molecule has 6 amide bonds. The van der Waals surface area contributed by atoms with Crippen molar-refractivity contribution in [3.63, 3.8) is 0 Å². The maximum absolute atomic E-state index is 13.7. The second-order valence-electron chi connectivity index (χ2n) is 11.6. The molecular formula is C30H45N7O8. The van der Waals surface area contributed by atoms with Gasteiger partial charge in [0, 0.05) is 39.8 Å². The maximum atomic E-state index is 13.7. The zero-order valence-electron chi connectivity index (χ0n) is 26.3. The van der Waals surface area contributed by atoms with Crippen LogP contribution in [-0.4, -0.2) is 122 Å². The topological polar surface area (TPSA) is 201 Å². The first-order chi connectivity index (χ1) is 21.4. The fourth-order valence-corrected chi connectivity index (χ4v) is 5.08. The van der Waals surface area contributed by atoms with E-state index in [1.807, 2.05) is 0 Å². The molecule has 1 aromatic carbocycles. The number of hydrogen-bond acceptors (Lipinski definition) is 9. The Balaban J connectivity index is 1.93. The van der Waals surface area contributed by atoms with Crippen molar-refractivity contribution < 1.29 is 38.2 Å². The number of nitrogens with one attached hydrogen (secondary N) is 4. The van der Waals surface area contributed by atoms with Crippen molar-refractivity contribution in [2.75, 3.05) is 53.0 Å². The standard InChI is InChI=1S/C30H45N7O8/c1-18(2)26-29(42)32-19(3)17-45-23-8-6-5-7-20(23)27(40)34-22(16-25(39)33-21(15-24(31)38)28(41)35-26)30(43)37-11-9-36(10-12-37)13-14-44-4/h5-8,18-19,21-22,26H,9-17H2,1-4H3,(H2,31,38)(H,32,42)(H,33,39)(H,34,40)(H,35,41)/t19-,21-,22-,26+/m0/s1. The summed E-state index contributed by atoms with van der Waals surface area (Å²) in [6, 6.07) is 2.18. The van der Waals surface area contributed by atoms with Gasteiger partial charge in [0.2, 0.25) is 29.5 Å². The van der Waals surface area contributed by atoms with Gasteiger partial charge in [0.05, 0.1) is 31.1 Å². The highest BCUT2D eigenvalue weighted by atomic mass is 16.5. The van der Waals surface area contributed by atoms with Gasteiger partial charge in [-0.05, 0) is 25.0 Å². The zero-order valence-corrected chi connectivity index (χ0v) is 26.3. The van der Waals surface area contributed by atoms with Gasteiger partial charge in [-0.3, -0.25) is 33.7 Å². The number of primary amides is 1. The Morgan fingerprint density at radius 1 is 1.00 bits per heavy atom. The number of fused-ring (bicyclic) bond motifs is 1. The summed E-state index contributed by atoms with van der Waals surface area (Å²) < 4.78 is 11.0. The summed E-state index contributed by atoms with van der Waals surface area (Å²) in [5.41, 5.74) is 5.50. The Labute approximate surface area is 262 Å². The molecule has 2 aliphatic heterocycles. The molecule has 1 fully saturated rings. The summed E-state index contributed by atoms with van der Waals surface area (Å²) >= 11 is 0. The van der Waals surface area contributed by atoms with E-state index in [1.165, 1.54) is 6.07 Å². The van der Waals surface area contributed by atoms with Gasteiger partial charge in [0.25, 0.3) is 5.91 Å². The predicted molar refractivity (Wildman–Crippen MR) is 163 cm³/mol. The van der Waals surface area contributed by atoms with E-state index in [0.29, 0.717) is 39.3 Å². The fraction of sp³-hybridized carbons (Fsp3) is 0.600. The van der Waals surface area contributed by atoms with E-state index in [4.69, 9.17) is 15.2 Å². The molecule has 0 unspecified atom stereocenters. The third kappa shape index (κ3) is 10.4. The first-order valence-corrected chi connectivity index (χ1v) is 15.1. The second kappa shape index (κ2) is 16.7. The van der Waals surface area contributed by atoms with E-state index in [2.05, 4.69) is 26.2 Å². The lowest BCUT2D eigenvalue weighted by molar-refractivity contribution is -0.138. The number of methoxy groups -OCH3 is 1. The number of carbonyl (C=O) groups excluding carboxylic acids is 6. The summed E-state index contributed by atoms with van der Waals surface area (Å²) in [5.74, 6) is -4.18. The Morgan fingerprint density at radius 3 is 2.33 bits per heavy atom. The Bertz CT molecular complexity index is 1230. The maximum Gasteiger partial charge on any atom is 0.255 e. The van der Waals surface area contributed by atoms with Gasteiger partial charge in [-0.2, -0.15) is 0 Å². The molecule has 1 aromatic rings. The van der Waals surface area contributed by atoms with Crippen LogP contribution in [0.5, 0.6) is 5.75 Å². The lowest BCUT2D eigenvalue weighted by Gasteiger charge is -2.36. The Hall–Kier alpha value is -4.24. The molecule has 3 rings (SSSR count). The number of amides is 6. The molecule has 6 N–H and O–H groups in total. The first-order valence-electron chi connectivity index (χ1n) is 15.1. The van der Waals surface area contributed by atoms with Gasteiger partial charge in [-0.1, -0.05) is 26.0 Å². The van der Waals surface area contributed by atoms with Crippen molar-refractivity contribution in [2.45, 2.75) is 57.8 Å². The van der Waals surface area contributed by atoms with Crippen LogP contribution in [0.2, 0.25) is 0 Å². The van der Waals surface area contributed by atoms with E-state index in [1.54, 1.807) is 51.0 Å². The number of hydrogen-bond donors (Lipinski definition) is 5. The van der Waals surface area contributed by atoms with Crippen molar-refractivity contribution in [3.8, 4) is 5.75 Å². The molecule has 0 spiro atoms. The first kappa shape index (κ1) is 35.2. The van der Waals surface area contributed by atoms with Crippen LogP contribution in [0.4, 0.5) is 0 Å². The van der Waals surface area contributed by atoms with Crippen LogP contribution >= 0.6 is 0 Å². The molecule has 15 nitrogen and oxygen atoms in total. The molecule has 15 heteroatoms. The van der Waals surface area contributed by atoms with Crippen LogP contribution < -0.4 is 31.7 Å². The number of ether oxygens (including phenoxy) is 2. The van der Waals surface area contributed by atoms with Crippen LogP contribution in [0.25, 0.3) is 0 Å². The van der Waals surface area contributed by atoms with Crippen LogP contribution in [0.3, 0.4) is 0 Å². The lowest BCUT2D eigenvalue weighted by atomic mass is 10.0. The number of nitrogens with zero attached hydrogens (tertiary/aromatic N) is 2. The number of carbonyl (C=O) groups is 6. The van der Waals surface area contributed by atoms with Gasteiger partial charge in [0.15, 0.2) is 0 Å². The molecule has 4 atom stereocenters. The van der Waals surface area contributed by atoms with E-state index >= 15 is 0 Å². The molecule has 0 aromatic heterocycles. The van der Waals surface area contributed by atoms with Gasteiger partial charge in [-0.15, -0.1) is 0 Å². The van der Waals surface area contributed by atoms with E-state index in [-0.39, 0.29) is 23.8 Å². The minimum absolute atomic E-state index is 0.00511. The summed E-state index contributed by atoms with van der Waals surface area (Å²) in [7, 11) is 1.62. The number of para-hydroxylation sites is 1. The van der Waals surface area contributed by atoms with Gasteiger partial charge < -0.3 is 41.4 Å². The molecule has 0 saturated carbocycles. The fourth-order valence-electron chi connectivity index (χ4n) is 5.08. The highest BCUT2D eigenvalue weighted by Crippen LogP contribution is 2.19.